The molecule has 0 N–H and O–H groups in total. The summed E-state index contributed by atoms with van der Waals surface area (Å²) in [6.07, 6.45) is 0. The van der Waals surface area contributed by atoms with E-state index in [1.54, 1.807) is 0 Å². The highest BCUT2D eigenvalue weighted by molar-refractivity contribution is 7.28. The van der Waals surface area contributed by atoms with Crippen LogP contribution in [0.4, 0.5) is 0 Å². The van der Waals surface area contributed by atoms with E-state index in [4.69, 9.17) is 0 Å². The summed E-state index contributed by atoms with van der Waals surface area (Å²) in [7, 11) is 2.28. The molecule has 0 aliphatic carbocycles. The number of benzene rings is 2. The molecule has 0 saturated carbocycles. The summed E-state index contributed by atoms with van der Waals surface area (Å²) >= 11 is 1.87. The Kier molecular flexibility index (Phi) is 4.38. The third kappa shape index (κ3) is 3.69. The predicted octanol–water partition coefficient (Wildman–Crippen LogP) is 4.98. The maximum atomic E-state index is 2.34. The van der Waals surface area contributed by atoms with Crippen LogP contribution in [0.3, 0.4) is 0 Å². The summed E-state index contributed by atoms with van der Waals surface area (Å²) < 4.78 is 2.69. The van der Waals surface area contributed by atoms with Crippen LogP contribution in [0.5, 0.6) is 0 Å². The normalized spacial score (nSPS) is 12.1. The lowest BCUT2D eigenvalue weighted by Crippen LogP contribution is -2.24. The highest BCUT2D eigenvalue weighted by Crippen LogP contribution is 2.27. The molecule has 0 nitrogen and oxygen atoms in total. The first kappa shape index (κ1) is 16.3. The quantitative estimate of drug-likeness (QED) is 0.598. The second-order valence-corrected chi connectivity index (χ2v) is 8.73. The zero-order valence-electron chi connectivity index (χ0n) is 14.7. The summed E-state index contributed by atoms with van der Waals surface area (Å²) in [6, 6.07) is 18.1. The number of hydrogen-bond acceptors (Lipinski definition) is 1. The Morgan fingerprint density at radius 2 is 1.61 bits per heavy atom. The van der Waals surface area contributed by atoms with Crippen LogP contribution in [-0.2, 0) is 5.41 Å². The molecule has 2 heteroatoms. The molecule has 1 radical (unpaired) electrons. The Morgan fingerprint density at radius 3 is 2.22 bits per heavy atom. The van der Waals surface area contributed by atoms with Gasteiger partial charge >= 0.3 is 0 Å². The van der Waals surface area contributed by atoms with Gasteiger partial charge in [0.05, 0.1) is 0 Å². The minimum Gasteiger partial charge on any atom is -0.151 e. The van der Waals surface area contributed by atoms with Gasteiger partial charge in [0.1, 0.15) is 0 Å². The van der Waals surface area contributed by atoms with Crippen LogP contribution in [0.2, 0.25) is 0 Å². The van der Waals surface area contributed by atoms with Crippen molar-refractivity contribution in [3.63, 3.8) is 0 Å². The van der Waals surface area contributed by atoms with Crippen LogP contribution in [0.15, 0.2) is 48.5 Å². The third-order valence-electron chi connectivity index (χ3n) is 4.31. The first-order valence-corrected chi connectivity index (χ1v) is 9.13. The van der Waals surface area contributed by atoms with E-state index in [1.807, 2.05) is 11.3 Å². The topological polar surface area (TPSA) is 0 Å². The van der Waals surface area contributed by atoms with Crippen molar-refractivity contribution in [1.82, 2.24) is 0 Å². The van der Waals surface area contributed by atoms with Gasteiger partial charge in [0.25, 0.3) is 0 Å². The molecule has 0 unspecified atom stereocenters. The largest absolute Gasteiger partial charge is 0.205 e. The van der Waals surface area contributed by atoms with Crippen LogP contribution in [0, 0.1) is 0 Å². The van der Waals surface area contributed by atoms with E-state index in [9.17, 15) is 0 Å². The van der Waals surface area contributed by atoms with Crippen molar-refractivity contribution in [3.8, 4) is 0 Å². The van der Waals surface area contributed by atoms with Gasteiger partial charge in [0.15, 0.2) is 0 Å². The molecule has 117 valence electrons. The average molecular weight is 319 g/mol. The maximum absolute atomic E-state index is 2.34. The molecular formula is C21H24BS. The molecule has 3 rings (SSSR count). The lowest BCUT2D eigenvalue weighted by molar-refractivity contribution is 0.591. The van der Waals surface area contributed by atoms with Crippen LogP contribution in [-0.4, -0.2) is 7.28 Å². The van der Waals surface area contributed by atoms with Gasteiger partial charge in [-0.15, -0.1) is 0 Å². The van der Waals surface area contributed by atoms with Gasteiger partial charge in [-0.3, -0.25) is 0 Å². The molecule has 1 heterocycles. The van der Waals surface area contributed by atoms with Crippen molar-refractivity contribution in [2.45, 2.75) is 46.0 Å². The molecule has 2 aromatic carbocycles. The molecule has 0 aliphatic heterocycles. The minimum absolute atomic E-state index is 0.201. The lowest BCUT2D eigenvalue weighted by Gasteiger charge is -2.18. The standard InChI is InChI=1S/C21H24BS/c1-14(2)15-6-9-18(10-7-15)22-20-13-16-12-17(21(3,4)5)8-11-19(16)23-20/h6-14H,1-5H3. The van der Waals surface area contributed by atoms with Gasteiger partial charge in [-0.2, -0.15) is 11.3 Å². The van der Waals surface area contributed by atoms with Gasteiger partial charge < -0.3 is 0 Å². The summed E-state index contributed by atoms with van der Waals surface area (Å²) in [5, 5.41) is 1.35. The molecule has 0 saturated heterocycles. The molecule has 0 bridgehead atoms. The van der Waals surface area contributed by atoms with Crippen molar-refractivity contribution >= 4 is 38.9 Å². The number of thiophene rings is 1. The van der Waals surface area contributed by atoms with Crippen molar-refractivity contribution in [2.24, 2.45) is 0 Å². The van der Waals surface area contributed by atoms with Crippen molar-refractivity contribution in [3.05, 3.63) is 59.7 Å². The second kappa shape index (κ2) is 6.16. The molecule has 0 amide bonds. The summed E-state index contributed by atoms with van der Waals surface area (Å²) in [5.41, 5.74) is 4.27. The monoisotopic (exact) mass is 319 g/mol. The fourth-order valence-corrected chi connectivity index (χ4v) is 3.75. The maximum Gasteiger partial charge on any atom is 0.205 e. The smallest absolute Gasteiger partial charge is 0.151 e. The highest BCUT2D eigenvalue weighted by Gasteiger charge is 2.14. The third-order valence-corrected chi connectivity index (χ3v) is 5.38. The average Bonchev–Trinajstić information content (AvgIpc) is 2.88. The van der Waals surface area contributed by atoms with Gasteiger partial charge in [0.2, 0.25) is 7.28 Å². The zero-order chi connectivity index (χ0) is 16.6. The Labute approximate surface area is 144 Å². The van der Waals surface area contributed by atoms with Crippen LogP contribution < -0.4 is 10.2 Å². The number of rotatable bonds is 3. The Morgan fingerprint density at radius 1 is 0.913 bits per heavy atom. The number of hydrogen-bond donors (Lipinski definition) is 0. The fraction of sp³-hybridized carbons (Fsp3) is 0.333. The van der Waals surface area contributed by atoms with E-state index in [2.05, 4.69) is 90.4 Å². The first-order valence-electron chi connectivity index (χ1n) is 8.32. The second-order valence-electron chi connectivity index (χ2n) is 7.62. The molecule has 3 aromatic rings. The van der Waals surface area contributed by atoms with E-state index in [1.165, 1.54) is 31.5 Å². The summed E-state index contributed by atoms with van der Waals surface area (Å²) in [4.78, 5) is 0. The number of fused-ring (bicyclic) bond motifs is 1. The zero-order valence-corrected chi connectivity index (χ0v) is 15.5. The van der Waals surface area contributed by atoms with Crippen molar-refractivity contribution in [2.75, 3.05) is 0 Å². The van der Waals surface area contributed by atoms with E-state index < -0.39 is 0 Å². The summed E-state index contributed by atoms with van der Waals surface area (Å²) in [5.74, 6) is 0.587. The fourth-order valence-electron chi connectivity index (χ4n) is 2.74. The lowest BCUT2D eigenvalue weighted by atomic mass is 9.68. The van der Waals surface area contributed by atoms with Crippen molar-refractivity contribution < 1.29 is 0 Å². The predicted molar refractivity (Wildman–Crippen MR) is 106 cm³/mol. The van der Waals surface area contributed by atoms with Gasteiger partial charge in [0, 0.05) is 4.70 Å². The van der Waals surface area contributed by atoms with E-state index in [0.29, 0.717) is 5.92 Å². The van der Waals surface area contributed by atoms with Crippen LogP contribution in [0.25, 0.3) is 10.1 Å². The molecule has 1 aromatic heterocycles. The van der Waals surface area contributed by atoms with Gasteiger partial charge in [-0.1, -0.05) is 70.4 Å². The Hall–Kier alpha value is -1.54. The molecule has 0 atom stereocenters. The van der Waals surface area contributed by atoms with E-state index >= 15 is 0 Å². The summed E-state index contributed by atoms with van der Waals surface area (Å²) in [6.45, 7) is 11.3. The highest BCUT2D eigenvalue weighted by atomic mass is 32.1. The minimum atomic E-state index is 0.201. The molecule has 0 aliphatic rings. The molecular weight excluding hydrogens is 295 g/mol. The van der Waals surface area contributed by atoms with Crippen LogP contribution in [0.1, 0.15) is 51.7 Å². The van der Waals surface area contributed by atoms with Crippen molar-refractivity contribution in [1.29, 1.82) is 0 Å². The van der Waals surface area contributed by atoms with Crippen LogP contribution >= 0.6 is 11.3 Å². The SMILES string of the molecule is CC(C)c1ccc([B]c2cc3cc(C(C)(C)C)ccc3s2)cc1. The molecule has 23 heavy (non-hydrogen) atoms. The van der Waals surface area contributed by atoms with E-state index in [0.717, 1.165) is 0 Å². The Balaban J connectivity index is 1.86. The van der Waals surface area contributed by atoms with Gasteiger partial charge in [-0.25, -0.2) is 0 Å². The van der Waals surface area contributed by atoms with E-state index in [-0.39, 0.29) is 5.41 Å². The molecule has 0 spiro atoms. The molecule has 0 fully saturated rings. The Bertz CT molecular complexity index is 804. The van der Waals surface area contributed by atoms with Gasteiger partial charge in [-0.05, 0) is 50.8 Å². The first-order chi connectivity index (χ1) is 10.8.